The standard InChI is InChI=1S/C28H35NO4SSi/c1-31-27(30)17-24(22-9-6-5-7-10-22)28(33-14-16-35(2,3)4)18-23-25(29-28)11-8-12-26(23)32-19-21-13-15-34-20-21/h5-13,15,20,24,29H,14,16-19H2,1-4H3. The van der Waals surface area contributed by atoms with E-state index in [1.807, 2.05) is 30.3 Å². The first-order valence-electron chi connectivity index (χ1n) is 12.1. The van der Waals surface area contributed by atoms with Crippen LogP contribution in [-0.4, -0.2) is 33.5 Å². The first-order valence-corrected chi connectivity index (χ1v) is 16.7. The van der Waals surface area contributed by atoms with E-state index in [0.717, 1.165) is 34.2 Å². The lowest BCUT2D eigenvalue weighted by atomic mass is 9.83. The van der Waals surface area contributed by atoms with E-state index in [4.69, 9.17) is 14.2 Å². The number of benzene rings is 2. The predicted octanol–water partition coefficient (Wildman–Crippen LogP) is 6.69. The van der Waals surface area contributed by atoms with Crippen LogP contribution in [0, 0.1) is 0 Å². The van der Waals surface area contributed by atoms with Gasteiger partial charge in [0.2, 0.25) is 0 Å². The van der Waals surface area contributed by atoms with Gasteiger partial charge in [0.25, 0.3) is 0 Å². The zero-order valence-electron chi connectivity index (χ0n) is 21.0. The van der Waals surface area contributed by atoms with Gasteiger partial charge in [-0.3, -0.25) is 4.79 Å². The van der Waals surface area contributed by atoms with Crippen LogP contribution in [0.25, 0.3) is 0 Å². The number of fused-ring (bicyclic) bond motifs is 1. The molecule has 0 fully saturated rings. The van der Waals surface area contributed by atoms with Crippen molar-refractivity contribution in [3.8, 4) is 5.75 Å². The van der Waals surface area contributed by atoms with Crippen LogP contribution in [0.3, 0.4) is 0 Å². The molecule has 0 radical (unpaired) electrons. The Morgan fingerprint density at radius 1 is 1.11 bits per heavy atom. The summed E-state index contributed by atoms with van der Waals surface area (Å²) >= 11 is 1.67. The summed E-state index contributed by atoms with van der Waals surface area (Å²) in [5.74, 6) is 0.371. The van der Waals surface area contributed by atoms with E-state index < -0.39 is 13.8 Å². The van der Waals surface area contributed by atoms with E-state index in [9.17, 15) is 4.79 Å². The van der Waals surface area contributed by atoms with Crippen molar-refractivity contribution in [1.29, 1.82) is 0 Å². The van der Waals surface area contributed by atoms with Gasteiger partial charge in [-0.05, 0) is 46.1 Å². The number of carbonyl (C=O) groups excluding carboxylic acids is 1. The third-order valence-corrected chi connectivity index (χ3v) is 8.90. The molecule has 0 spiro atoms. The smallest absolute Gasteiger partial charge is 0.306 e. The van der Waals surface area contributed by atoms with Crippen LogP contribution >= 0.6 is 11.3 Å². The second-order valence-electron chi connectivity index (χ2n) is 10.3. The van der Waals surface area contributed by atoms with Crippen molar-refractivity contribution < 1.29 is 19.0 Å². The molecule has 2 aromatic carbocycles. The summed E-state index contributed by atoms with van der Waals surface area (Å²) in [7, 11) is 0.123. The Bertz CT molecular complexity index is 1110. The Kier molecular flexibility index (Phi) is 7.99. The Hall–Kier alpha value is -2.61. The Balaban J connectivity index is 1.68. The zero-order valence-corrected chi connectivity index (χ0v) is 22.8. The number of nitrogens with one attached hydrogen (secondary N) is 1. The summed E-state index contributed by atoms with van der Waals surface area (Å²) in [6.45, 7) is 8.19. The fourth-order valence-corrected chi connectivity index (χ4v) is 5.86. The van der Waals surface area contributed by atoms with Gasteiger partial charge in [0.15, 0.2) is 0 Å². The molecule has 2 heterocycles. The molecule has 0 saturated heterocycles. The molecule has 5 nitrogen and oxygen atoms in total. The highest BCUT2D eigenvalue weighted by atomic mass is 32.1. The van der Waals surface area contributed by atoms with Crippen LogP contribution in [-0.2, 0) is 27.3 Å². The van der Waals surface area contributed by atoms with Crippen molar-refractivity contribution in [3.63, 3.8) is 0 Å². The summed E-state index contributed by atoms with van der Waals surface area (Å²) in [6.07, 6.45) is 0.823. The molecule has 1 aromatic heterocycles. The van der Waals surface area contributed by atoms with Crippen molar-refractivity contribution in [2.24, 2.45) is 0 Å². The van der Waals surface area contributed by atoms with Gasteiger partial charge in [-0.25, -0.2) is 0 Å². The van der Waals surface area contributed by atoms with Gasteiger partial charge in [-0.1, -0.05) is 56.0 Å². The van der Waals surface area contributed by atoms with Gasteiger partial charge in [-0.15, -0.1) is 0 Å². The fraction of sp³-hybridized carbons (Fsp3) is 0.393. The Labute approximate surface area is 213 Å². The lowest BCUT2D eigenvalue weighted by Gasteiger charge is -2.38. The quantitative estimate of drug-likeness (QED) is 0.230. The van der Waals surface area contributed by atoms with E-state index in [2.05, 4.69) is 60.0 Å². The maximum Gasteiger partial charge on any atom is 0.306 e. The van der Waals surface area contributed by atoms with Crippen LogP contribution in [0.5, 0.6) is 5.75 Å². The number of hydrogen-bond acceptors (Lipinski definition) is 6. The van der Waals surface area contributed by atoms with Crippen LogP contribution in [0.15, 0.2) is 65.4 Å². The molecule has 3 aromatic rings. The predicted molar refractivity (Wildman–Crippen MR) is 145 cm³/mol. The molecule has 1 N–H and O–H groups in total. The van der Waals surface area contributed by atoms with Crippen molar-refractivity contribution in [1.82, 2.24) is 0 Å². The summed E-state index contributed by atoms with van der Waals surface area (Å²) < 4.78 is 18.1. The second kappa shape index (κ2) is 11.0. The van der Waals surface area contributed by atoms with Gasteiger partial charge in [0.05, 0.1) is 13.5 Å². The topological polar surface area (TPSA) is 56.8 Å². The fourth-order valence-electron chi connectivity index (χ4n) is 4.50. The first-order chi connectivity index (χ1) is 16.8. The third kappa shape index (κ3) is 6.34. The highest BCUT2D eigenvalue weighted by molar-refractivity contribution is 7.07. The molecular formula is C28H35NO4SSi. The van der Waals surface area contributed by atoms with Crippen LogP contribution < -0.4 is 10.1 Å². The molecule has 0 amide bonds. The van der Waals surface area contributed by atoms with Gasteiger partial charge in [0, 0.05) is 38.3 Å². The van der Waals surface area contributed by atoms with Gasteiger partial charge >= 0.3 is 5.97 Å². The number of thiophene rings is 1. The van der Waals surface area contributed by atoms with E-state index in [1.54, 1.807) is 11.3 Å². The molecule has 7 heteroatoms. The lowest BCUT2D eigenvalue weighted by Crippen LogP contribution is -2.47. The average Bonchev–Trinajstić information content (AvgIpc) is 3.49. The molecule has 35 heavy (non-hydrogen) atoms. The molecule has 2 atom stereocenters. The van der Waals surface area contributed by atoms with Crippen LogP contribution in [0.2, 0.25) is 25.7 Å². The lowest BCUT2D eigenvalue weighted by molar-refractivity contribution is -0.143. The molecule has 4 rings (SSSR count). The minimum Gasteiger partial charge on any atom is -0.489 e. The van der Waals surface area contributed by atoms with Crippen molar-refractivity contribution in [2.45, 2.75) is 56.8 Å². The third-order valence-electron chi connectivity index (χ3n) is 6.47. The molecule has 0 saturated carbocycles. The number of hydrogen-bond donors (Lipinski definition) is 1. The molecule has 2 unspecified atom stereocenters. The molecule has 186 valence electrons. The average molecular weight is 510 g/mol. The number of ether oxygens (including phenoxy) is 3. The SMILES string of the molecule is COC(=O)CC(c1ccccc1)C1(OCC[Si](C)(C)C)Cc2c(cccc2OCc2ccsc2)N1. The summed E-state index contributed by atoms with van der Waals surface area (Å²) in [4.78, 5) is 12.6. The van der Waals surface area contributed by atoms with Crippen molar-refractivity contribution >= 4 is 31.1 Å². The second-order valence-corrected chi connectivity index (χ2v) is 16.7. The minimum absolute atomic E-state index is 0.222. The highest BCUT2D eigenvalue weighted by Crippen LogP contribution is 2.47. The zero-order chi connectivity index (χ0) is 24.9. The number of rotatable bonds is 11. The first kappa shape index (κ1) is 25.5. The van der Waals surface area contributed by atoms with Crippen molar-refractivity contribution in [2.75, 3.05) is 19.0 Å². The molecule has 0 bridgehead atoms. The monoisotopic (exact) mass is 509 g/mol. The summed E-state index contributed by atoms with van der Waals surface area (Å²) in [5, 5.41) is 7.87. The maximum atomic E-state index is 12.6. The summed E-state index contributed by atoms with van der Waals surface area (Å²) in [5.41, 5.74) is 3.50. The van der Waals surface area contributed by atoms with E-state index in [1.165, 1.54) is 7.11 Å². The molecular weight excluding hydrogens is 474 g/mol. The minimum atomic E-state index is -1.32. The molecule has 1 aliphatic heterocycles. The normalized spacial score (nSPS) is 17.9. The van der Waals surface area contributed by atoms with Gasteiger partial charge < -0.3 is 19.5 Å². The van der Waals surface area contributed by atoms with E-state index in [0.29, 0.717) is 19.6 Å². The van der Waals surface area contributed by atoms with Crippen LogP contribution in [0.4, 0.5) is 5.69 Å². The summed E-state index contributed by atoms with van der Waals surface area (Å²) in [6, 6.07) is 19.3. The number of esters is 1. The molecule has 1 aliphatic rings. The van der Waals surface area contributed by atoms with Crippen molar-refractivity contribution in [3.05, 3.63) is 82.0 Å². The maximum absolute atomic E-state index is 12.6. The van der Waals surface area contributed by atoms with Gasteiger partial charge in [0.1, 0.15) is 18.1 Å². The molecule has 0 aliphatic carbocycles. The Morgan fingerprint density at radius 2 is 1.91 bits per heavy atom. The number of carbonyl (C=O) groups is 1. The highest BCUT2D eigenvalue weighted by Gasteiger charge is 2.47. The van der Waals surface area contributed by atoms with E-state index in [-0.39, 0.29) is 18.3 Å². The number of anilines is 1. The van der Waals surface area contributed by atoms with Gasteiger partial charge in [-0.2, -0.15) is 11.3 Å². The Morgan fingerprint density at radius 3 is 2.60 bits per heavy atom. The van der Waals surface area contributed by atoms with Crippen LogP contribution in [0.1, 0.15) is 29.0 Å². The van der Waals surface area contributed by atoms with E-state index >= 15 is 0 Å². The number of methoxy groups -OCH3 is 1. The largest absolute Gasteiger partial charge is 0.489 e.